The van der Waals surface area contributed by atoms with Crippen LogP contribution in [0.15, 0.2) is 66.9 Å². The molecule has 292 valence electrons. The first kappa shape index (κ1) is 37.5. The van der Waals surface area contributed by atoms with Gasteiger partial charge in [0, 0.05) is 88.2 Å². The lowest BCUT2D eigenvalue weighted by Gasteiger charge is -2.39. The summed E-state index contributed by atoms with van der Waals surface area (Å²) in [6.07, 6.45) is 1.53. The molecule has 1 unspecified atom stereocenters. The molecular weight excluding hydrogens is 708 g/mol. The molecule has 0 radical (unpaired) electrons. The summed E-state index contributed by atoms with van der Waals surface area (Å²) in [5.41, 5.74) is 14.0. The Balaban J connectivity index is 0.843. The van der Waals surface area contributed by atoms with Gasteiger partial charge in [-0.15, -0.1) is 13.2 Å². The van der Waals surface area contributed by atoms with E-state index in [1.807, 2.05) is 0 Å². The quantitative estimate of drug-likeness (QED) is 0.188. The first-order valence-corrected chi connectivity index (χ1v) is 19.7. The van der Waals surface area contributed by atoms with Crippen LogP contribution in [0.4, 0.5) is 18.9 Å². The van der Waals surface area contributed by atoms with Gasteiger partial charge in [-0.2, -0.15) is 0 Å². The number of nitrogens with one attached hydrogen (secondary N) is 1. The molecule has 4 aliphatic rings. The number of anilines is 1. The van der Waals surface area contributed by atoms with Crippen LogP contribution in [-0.2, 0) is 35.8 Å². The lowest BCUT2D eigenvalue weighted by atomic mass is 9.95. The third kappa shape index (κ3) is 8.55. The largest absolute Gasteiger partial charge is 0.573 e. The van der Waals surface area contributed by atoms with Crippen molar-refractivity contribution >= 4 is 28.4 Å². The summed E-state index contributed by atoms with van der Waals surface area (Å²) in [6.45, 7) is 11.0. The summed E-state index contributed by atoms with van der Waals surface area (Å²) in [5, 5.41) is 3.59. The van der Waals surface area contributed by atoms with Crippen LogP contribution in [0, 0.1) is 5.92 Å². The number of imide groups is 1. The van der Waals surface area contributed by atoms with Gasteiger partial charge in [0.05, 0.1) is 11.6 Å². The van der Waals surface area contributed by atoms with Gasteiger partial charge in [0.15, 0.2) is 0 Å². The Kier molecular flexibility index (Phi) is 10.9. The number of fused-ring (bicyclic) bond motifs is 2. The number of aryl methyl sites for hydroxylation is 1. The highest BCUT2D eigenvalue weighted by atomic mass is 19.4. The molecule has 13 heteroatoms. The average Bonchev–Trinajstić information content (AvgIpc) is 3.77. The predicted octanol–water partition coefficient (Wildman–Crippen LogP) is 5.71. The van der Waals surface area contributed by atoms with Crippen molar-refractivity contribution in [3.8, 4) is 16.9 Å². The molecule has 3 fully saturated rings. The number of halogens is 3. The molecule has 3 N–H and O–H groups in total. The molecule has 2 amide bonds. The zero-order valence-electron chi connectivity index (χ0n) is 31.2. The van der Waals surface area contributed by atoms with Gasteiger partial charge in [-0.05, 0) is 97.8 Å². The van der Waals surface area contributed by atoms with Crippen LogP contribution >= 0.6 is 0 Å². The molecule has 0 spiro atoms. The van der Waals surface area contributed by atoms with E-state index in [0.29, 0.717) is 25.3 Å². The second kappa shape index (κ2) is 16.0. The van der Waals surface area contributed by atoms with Crippen LogP contribution in [-0.4, -0.2) is 95.8 Å². The molecule has 1 atom stereocenters. The number of likely N-dealkylation sites (tertiary alicyclic amines) is 1. The molecule has 3 aromatic carbocycles. The molecule has 8 rings (SSSR count). The fourth-order valence-electron chi connectivity index (χ4n) is 9.05. The maximum absolute atomic E-state index is 12.8. The summed E-state index contributed by atoms with van der Waals surface area (Å²) in [7, 11) is 0. The number of hydrogen-bond acceptors (Lipinski definition) is 8. The van der Waals surface area contributed by atoms with E-state index < -0.39 is 6.36 Å². The molecule has 3 saturated heterocycles. The van der Waals surface area contributed by atoms with E-state index >= 15 is 0 Å². The predicted molar refractivity (Wildman–Crippen MR) is 206 cm³/mol. The van der Waals surface area contributed by atoms with Crippen LogP contribution in [0.1, 0.15) is 48.8 Å². The molecule has 5 heterocycles. The maximum atomic E-state index is 12.8. The third-order valence-electron chi connectivity index (χ3n) is 11.9. The molecule has 55 heavy (non-hydrogen) atoms. The number of nitrogens with zero attached hydrogens (tertiary/aromatic N) is 5. The molecule has 10 nitrogen and oxygen atoms in total. The summed E-state index contributed by atoms with van der Waals surface area (Å²) < 4.78 is 44.6. The molecule has 0 bridgehead atoms. The number of rotatable bonds is 11. The first-order chi connectivity index (χ1) is 26.6. The van der Waals surface area contributed by atoms with E-state index in [-0.39, 0.29) is 23.6 Å². The van der Waals surface area contributed by atoms with Gasteiger partial charge in [0.1, 0.15) is 5.75 Å². The van der Waals surface area contributed by atoms with Gasteiger partial charge in [-0.25, -0.2) is 0 Å². The minimum atomic E-state index is -4.73. The fourth-order valence-corrected chi connectivity index (χ4v) is 9.05. The van der Waals surface area contributed by atoms with Crippen molar-refractivity contribution in [1.82, 2.24) is 24.6 Å². The summed E-state index contributed by atoms with van der Waals surface area (Å²) in [4.78, 5) is 34.0. The van der Waals surface area contributed by atoms with E-state index in [4.69, 9.17) is 5.73 Å². The van der Waals surface area contributed by atoms with Gasteiger partial charge in [-0.1, -0.05) is 36.4 Å². The van der Waals surface area contributed by atoms with Crippen LogP contribution < -0.4 is 20.7 Å². The van der Waals surface area contributed by atoms with Crippen LogP contribution in [0.5, 0.6) is 5.75 Å². The van der Waals surface area contributed by atoms with E-state index in [1.165, 1.54) is 34.5 Å². The van der Waals surface area contributed by atoms with Crippen molar-refractivity contribution in [3.63, 3.8) is 0 Å². The van der Waals surface area contributed by atoms with Crippen molar-refractivity contribution in [2.24, 2.45) is 11.7 Å². The molecule has 0 aliphatic carbocycles. The standard InChI is InChI=1S/C42H50F3N7O3/c43-42(44,45)55-35-9-6-30(7-10-35)37-28-51(16-2-15-46)40-32(3-1-4-36(37)40)25-48-17-13-29(14-18-48)24-49-19-21-50(22-20-49)34-8-5-31-26-52(27-33(31)23-34)38-11-12-39(53)47-41(38)54/h1,3-10,23,28-29,38H,2,11-22,24-27,46H2,(H,47,53,54). The Hall–Kier alpha value is -4.43. The van der Waals surface area contributed by atoms with Crippen molar-refractivity contribution in [3.05, 3.63) is 83.6 Å². The Labute approximate surface area is 320 Å². The topological polar surface area (TPSA) is 99.3 Å². The monoisotopic (exact) mass is 757 g/mol. The minimum absolute atomic E-state index is 0.168. The highest BCUT2D eigenvalue weighted by Gasteiger charge is 2.35. The molecule has 4 aliphatic heterocycles. The second-order valence-corrected chi connectivity index (χ2v) is 15.6. The zero-order valence-corrected chi connectivity index (χ0v) is 31.2. The Morgan fingerprint density at radius 2 is 1.62 bits per heavy atom. The number of amides is 2. The third-order valence-corrected chi connectivity index (χ3v) is 11.9. The number of para-hydroxylation sites is 1. The number of aromatic nitrogens is 1. The average molecular weight is 758 g/mol. The SMILES string of the molecule is NCCCn1cc(-c2ccc(OC(F)(F)F)cc2)c2cccc(CN3CCC(CN4CCN(c5ccc6c(c5)CN(C5CCC(=O)NC5=O)C6)CC4)CC3)c21. The highest BCUT2D eigenvalue weighted by molar-refractivity contribution is 6.00. The fraction of sp³-hybridized carbons (Fsp3) is 0.476. The smallest absolute Gasteiger partial charge is 0.406 e. The number of piperazine rings is 1. The maximum Gasteiger partial charge on any atom is 0.573 e. The van der Waals surface area contributed by atoms with Crippen LogP contribution in [0.3, 0.4) is 0 Å². The van der Waals surface area contributed by atoms with Crippen LogP contribution in [0.25, 0.3) is 22.0 Å². The summed E-state index contributed by atoms with van der Waals surface area (Å²) in [6, 6.07) is 19.0. The van der Waals surface area contributed by atoms with Gasteiger partial charge < -0.3 is 19.9 Å². The normalized spacial score (nSPS) is 20.7. The van der Waals surface area contributed by atoms with Gasteiger partial charge >= 0.3 is 6.36 Å². The van der Waals surface area contributed by atoms with Gasteiger partial charge in [-0.3, -0.25) is 29.6 Å². The van der Waals surface area contributed by atoms with Crippen molar-refractivity contribution in [2.45, 2.75) is 70.7 Å². The lowest BCUT2D eigenvalue weighted by Crippen LogP contribution is -2.50. The van der Waals surface area contributed by atoms with Crippen molar-refractivity contribution < 1.29 is 27.5 Å². The number of piperidine rings is 2. The van der Waals surface area contributed by atoms with E-state index in [1.54, 1.807) is 12.1 Å². The number of alkyl halides is 3. The van der Waals surface area contributed by atoms with Gasteiger partial charge in [0.2, 0.25) is 11.8 Å². The van der Waals surface area contributed by atoms with Crippen LogP contribution in [0.2, 0.25) is 0 Å². The Morgan fingerprint density at radius 1 is 0.855 bits per heavy atom. The molecule has 0 saturated carbocycles. The zero-order chi connectivity index (χ0) is 38.1. The van der Waals surface area contributed by atoms with E-state index in [9.17, 15) is 22.8 Å². The van der Waals surface area contributed by atoms with Crippen molar-refractivity contribution in [2.75, 3.05) is 57.3 Å². The highest BCUT2D eigenvalue weighted by Crippen LogP contribution is 2.36. The summed E-state index contributed by atoms with van der Waals surface area (Å²) in [5.74, 6) is 0.0970. The van der Waals surface area contributed by atoms with Crippen molar-refractivity contribution in [1.29, 1.82) is 0 Å². The second-order valence-electron chi connectivity index (χ2n) is 15.6. The Bertz CT molecular complexity index is 2000. The number of nitrogens with two attached hydrogens (primary N) is 1. The molecule has 4 aromatic rings. The van der Waals surface area contributed by atoms with E-state index in [0.717, 1.165) is 113 Å². The number of hydrogen-bond donors (Lipinski definition) is 2. The first-order valence-electron chi connectivity index (χ1n) is 19.7. The number of ether oxygens (including phenoxy) is 1. The summed E-state index contributed by atoms with van der Waals surface area (Å²) >= 11 is 0. The number of carbonyl (C=O) groups is 2. The lowest BCUT2D eigenvalue weighted by molar-refractivity contribution is -0.274. The Morgan fingerprint density at radius 3 is 2.35 bits per heavy atom. The minimum Gasteiger partial charge on any atom is -0.406 e. The van der Waals surface area contributed by atoms with E-state index in [2.05, 4.69) is 76.8 Å². The molecule has 1 aromatic heterocycles. The van der Waals surface area contributed by atoms with Gasteiger partial charge in [0.25, 0.3) is 0 Å². The number of carbonyl (C=O) groups excluding carboxylic acids is 2. The molecular formula is C42H50F3N7O3. The number of benzene rings is 3.